The molecule has 1 amide bonds. The van der Waals surface area contributed by atoms with Gasteiger partial charge in [0, 0.05) is 22.7 Å². The molecule has 0 unspecified atom stereocenters. The molecule has 0 aliphatic carbocycles. The molecule has 0 aliphatic heterocycles. The first kappa shape index (κ1) is 22.8. The van der Waals surface area contributed by atoms with E-state index >= 15 is 0 Å². The highest BCUT2D eigenvalue weighted by molar-refractivity contribution is 7.99. The van der Waals surface area contributed by atoms with Crippen LogP contribution >= 0.6 is 23.4 Å². The fraction of sp³-hybridized carbons (Fsp3) is 0.111. The average molecular weight is 477 g/mol. The lowest BCUT2D eigenvalue weighted by Gasteiger charge is -2.10. The van der Waals surface area contributed by atoms with Crippen molar-refractivity contribution in [3.63, 3.8) is 0 Å². The van der Waals surface area contributed by atoms with Gasteiger partial charge in [-0.2, -0.15) is 5.10 Å². The molecule has 0 saturated heterocycles. The Morgan fingerprint density at radius 3 is 2.94 bits per heavy atom. The normalized spacial score (nSPS) is 10.8. The number of nitrogen functional groups attached to an aromatic ring is 1. The number of hydrogen-bond donors (Lipinski definition) is 3. The molecule has 14 heteroatoms. The van der Waals surface area contributed by atoms with Gasteiger partial charge in [-0.25, -0.2) is 10.1 Å². The zero-order valence-corrected chi connectivity index (χ0v) is 18.1. The lowest BCUT2D eigenvalue weighted by atomic mass is 10.2. The number of halogens is 1. The van der Waals surface area contributed by atoms with Gasteiger partial charge in [0.05, 0.1) is 29.7 Å². The number of benzene rings is 2. The maximum Gasteiger partial charge on any atom is 0.270 e. The zero-order valence-electron chi connectivity index (χ0n) is 16.6. The van der Waals surface area contributed by atoms with Gasteiger partial charge >= 0.3 is 0 Å². The molecule has 0 atom stereocenters. The topological polar surface area (TPSA) is 163 Å². The molecule has 4 N–H and O–H groups in total. The molecule has 0 radical (unpaired) electrons. The van der Waals surface area contributed by atoms with Gasteiger partial charge in [0.2, 0.25) is 11.1 Å². The third-order valence-electron chi connectivity index (χ3n) is 3.89. The van der Waals surface area contributed by atoms with Crippen molar-refractivity contribution >= 4 is 52.8 Å². The minimum absolute atomic E-state index is 0.00194. The number of nitrogens with one attached hydrogen (secondary N) is 2. The summed E-state index contributed by atoms with van der Waals surface area (Å²) in [5.41, 5.74) is 3.50. The van der Waals surface area contributed by atoms with Crippen LogP contribution in [0.2, 0.25) is 5.02 Å². The van der Waals surface area contributed by atoms with E-state index < -0.39 is 4.92 Å². The van der Waals surface area contributed by atoms with Crippen LogP contribution in [0.25, 0.3) is 0 Å². The van der Waals surface area contributed by atoms with Crippen LogP contribution < -0.4 is 21.3 Å². The van der Waals surface area contributed by atoms with Crippen molar-refractivity contribution in [3.8, 4) is 5.75 Å². The molecule has 32 heavy (non-hydrogen) atoms. The second-order valence-electron chi connectivity index (χ2n) is 6.08. The number of aromatic nitrogens is 3. The van der Waals surface area contributed by atoms with Crippen LogP contribution in [0.15, 0.2) is 52.7 Å². The van der Waals surface area contributed by atoms with Crippen LogP contribution in [-0.2, 0) is 4.79 Å². The van der Waals surface area contributed by atoms with Crippen LogP contribution in [0.5, 0.6) is 5.75 Å². The number of non-ortho nitro benzene ring substituents is 1. The Hall–Kier alpha value is -3.84. The lowest BCUT2D eigenvalue weighted by molar-refractivity contribution is -0.384. The number of nitro groups is 1. The predicted molar refractivity (Wildman–Crippen MR) is 122 cm³/mol. The van der Waals surface area contributed by atoms with Crippen molar-refractivity contribution in [1.29, 1.82) is 0 Å². The number of hydrogen-bond acceptors (Lipinski definition) is 10. The molecule has 0 saturated carbocycles. The van der Waals surface area contributed by atoms with Crippen LogP contribution in [0, 0.1) is 10.1 Å². The van der Waals surface area contributed by atoms with Crippen molar-refractivity contribution in [3.05, 3.63) is 63.2 Å². The minimum atomic E-state index is -0.497. The molecular weight excluding hydrogens is 460 g/mol. The molecule has 1 aromatic heterocycles. The van der Waals surface area contributed by atoms with E-state index in [-0.39, 0.29) is 28.5 Å². The summed E-state index contributed by atoms with van der Waals surface area (Å²) in [4.78, 5) is 22.6. The summed E-state index contributed by atoms with van der Waals surface area (Å²) in [6.45, 7) is 0. The van der Waals surface area contributed by atoms with Gasteiger partial charge in [0.1, 0.15) is 5.75 Å². The first-order chi connectivity index (χ1) is 15.4. The number of nitro benzene ring substituents is 1. The highest BCUT2D eigenvalue weighted by Gasteiger charge is 2.14. The van der Waals surface area contributed by atoms with Gasteiger partial charge in [-0.15, -0.1) is 10.2 Å². The molecule has 0 aliphatic rings. The van der Waals surface area contributed by atoms with Gasteiger partial charge in [-0.05, 0) is 18.2 Å². The van der Waals surface area contributed by atoms with E-state index in [2.05, 4.69) is 26.0 Å². The number of thioether (sulfide) groups is 1. The molecular formula is C18H17ClN8O4S. The number of anilines is 2. The summed E-state index contributed by atoms with van der Waals surface area (Å²) < 4.78 is 6.32. The second kappa shape index (κ2) is 10.5. The molecule has 3 aromatic rings. The smallest absolute Gasteiger partial charge is 0.270 e. The van der Waals surface area contributed by atoms with Crippen molar-refractivity contribution < 1.29 is 14.5 Å². The number of nitrogens with two attached hydrogens (primary N) is 1. The number of hydrazone groups is 1. The number of rotatable bonds is 9. The molecule has 12 nitrogen and oxygen atoms in total. The average Bonchev–Trinajstić information content (AvgIpc) is 3.12. The van der Waals surface area contributed by atoms with Gasteiger partial charge in [0.25, 0.3) is 11.6 Å². The molecule has 0 bridgehead atoms. The van der Waals surface area contributed by atoms with E-state index in [1.54, 1.807) is 30.3 Å². The van der Waals surface area contributed by atoms with E-state index in [1.165, 1.54) is 25.5 Å². The van der Waals surface area contributed by atoms with Gasteiger partial charge in [-0.3, -0.25) is 14.9 Å². The summed E-state index contributed by atoms with van der Waals surface area (Å²) in [5.74, 6) is 6.20. The summed E-state index contributed by atoms with van der Waals surface area (Å²) >= 11 is 7.02. The number of ether oxygens (including phenoxy) is 1. The first-order valence-corrected chi connectivity index (χ1v) is 10.2. The number of carbonyl (C=O) groups excluding carboxylic acids is 1. The van der Waals surface area contributed by atoms with E-state index in [0.29, 0.717) is 22.0 Å². The minimum Gasteiger partial charge on any atom is -0.495 e. The Balaban J connectivity index is 1.57. The quantitative estimate of drug-likeness (QED) is 0.138. The molecule has 1 heterocycles. The Labute approximate surface area is 190 Å². The van der Waals surface area contributed by atoms with Gasteiger partial charge in [-0.1, -0.05) is 35.5 Å². The maximum atomic E-state index is 12.3. The van der Waals surface area contributed by atoms with Crippen molar-refractivity contribution in [2.45, 2.75) is 5.16 Å². The molecule has 2 aromatic carbocycles. The molecule has 166 valence electrons. The fourth-order valence-corrected chi connectivity index (χ4v) is 3.26. The van der Waals surface area contributed by atoms with Crippen LogP contribution in [0.1, 0.15) is 5.56 Å². The maximum absolute atomic E-state index is 12.3. The lowest BCUT2D eigenvalue weighted by Crippen LogP contribution is -2.17. The van der Waals surface area contributed by atoms with Gasteiger partial charge < -0.3 is 15.9 Å². The highest BCUT2D eigenvalue weighted by atomic mass is 35.5. The Morgan fingerprint density at radius 1 is 1.38 bits per heavy atom. The van der Waals surface area contributed by atoms with Crippen molar-refractivity contribution in [2.24, 2.45) is 5.10 Å². The monoisotopic (exact) mass is 476 g/mol. The van der Waals surface area contributed by atoms with Crippen molar-refractivity contribution in [1.82, 2.24) is 14.9 Å². The third-order valence-corrected chi connectivity index (χ3v) is 5.07. The predicted octanol–water partition coefficient (Wildman–Crippen LogP) is 2.74. The number of nitrogens with zero attached hydrogens (tertiary/aromatic N) is 5. The summed E-state index contributed by atoms with van der Waals surface area (Å²) in [6.07, 6.45) is 1.38. The number of methoxy groups -OCH3 is 1. The van der Waals surface area contributed by atoms with Gasteiger partial charge in [0.15, 0.2) is 0 Å². The first-order valence-electron chi connectivity index (χ1n) is 8.87. The SMILES string of the molecule is COc1ccc(Cl)cc1NC(=O)CSc1nnc(N/N=C/c2cccc([N+](=O)[O-])c2)n1N. The molecule has 3 rings (SSSR count). The standard InChI is InChI=1S/C18H17ClN8O4S/c1-31-15-6-5-12(19)8-14(15)22-16(28)10-32-18-25-24-17(26(18)20)23-21-9-11-3-2-4-13(7-11)27(29)30/h2-9H,10,20H2,1H3,(H,22,28)(H,23,24)/b21-9+. The number of carbonyl (C=O) groups is 1. The van der Waals surface area contributed by atoms with Crippen molar-refractivity contribution in [2.75, 3.05) is 29.4 Å². The Morgan fingerprint density at radius 2 is 2.19 bits per heavy atom. The zero-order chi connectivity index (χ0) is 23.1. The van der Waals surface area contributed by atoms with Crippen LogP contribution in [0.4, 0.5) is 17.3 Å². The summed E-state index contributed by atoms with van der Waals surface area (Å²) in [5, 5.41) is 26.0. The molecule has 0 spiro atoms. The fourth-order valence-electron chi connectivity index (χ4n) is 2.43. The Kier molecular flexibility index (Phi) is 7.46. The van der Waals surface area contributed by atoms with E-state index in [4.69, 9.17) is 22.2 Å². The van der Waals surface area contributed by atoms with Crippen LogP contribution in [0.3, 0.4) is 0 Å². The third kappa shape index (κ3) is 5.86. The largest absolute Gasteiger partial charge is 0.495 e. The Bertz CT molecular complexity index is 1170. The molecule has 0 fully saturated rings. The summed E-state index contributed by atoms with van der Waals surface area (Å²) in [6, 6.07) is 10.8. The number of amides is 1. The second-order valence-corrected chi connectivity index (χ2v) is 7.46. The van der Waals surface area contributed by atoms with E-state index in [1.807, 2.05) is 0 Å². The van der Waals surface area contributed by atoms with E-state index in [0.717, 1.165) is 16.4 Å². The highest BCUT2D eigenvalue weighted by Crippen LogP contribution is 2.28. The summed E-state index contributed by atoms with van der Waals surface area (Å²) in [7, 11) is 1.49. The van der Waals surface area contributed by atoms with Crippen LogP contribution in [-0.4, -0.2) is 44.8 Å². The van der Waals surface area contributed by atoms with E-state index in [9.17, 15) is 14.9 Å².